The zero-order valence-electron chi connectivity index (χ0n) is 8.97. The number of thiazole rings is 1. The minimum Gasteiger partial charge on any atom is -0.305 e. The highest BCUT2D eigenvalue weighted by molar-refractivity contribution is 7.07. The van der Waals surface area contributed by atoms with Gasteiger partial charge in [0.05, 0.1) is 11.2 Å². The molecule has 2 aromatic rings. The molecule has 2 rings (SSSR count). The molecule has 0 amide bonds. The third kappa shape index (κ3) is 2.64. The van der Waals surface area contributed by atoms with Gasteiger partial charge in [0.2, 0.25) is 0 Å². The van der Waals surface area contributed by atoms with Crippen molar-refractivity contribution in [2.75, 3.05) is 14.1 Å². The van der Waals surface area contributed by atoms with Crippen LogP contribution in [0.15, 0.2) is 35.2 Å². The van der Waals surface area contributed by atoms with Crippen LogP contribution < -0.4 is 0 Å². The van der Waals surface area contributed by atoms with Gasteiger partial charge in [0.1, 0.15) is 0 Å². The molecule has 0 fully saturated rings. The van der Waals surface area contributed by atoms with Crippen molar-refractivity contribution in [1.82, 2.24) is 9.88 Å². The summed E-state index contributed by atoms with van der Waals surface area (Å²) >= 11 is 1.63. The van der Waals surface area contributed by atoms with E-state index in [0.29, 0.717) is 0 Å². The van der Waals surface area contributed by atoms with Gasteiger partial charge in [-0.25, -0.2) is 4.98 Å². The Hall–Kier alpha value is -1.19. The van der Waals surface area contributed by atoms with Gasteiger partial charge < -0.3 is 4.90 Å². The standard InChI is InChI=1S/C12H14N2S/c1-14(2)7-10-4-3-5-11(6-10)12-8-15-9-13-12/h3-6,8-9H,7H2,1-2H3. The highest BCUT2D eigenvalue weighted by Crippen LogP contribution is 2.20. The van der Waals surface area contributed by atoms with Gasteiger partial charge in [-0.3, -0.25) is 0 Å². The molecule has 1 heterocycles. The Labute approximate surface area is 94.2 Å². The molecule has 0 atom stereocenters. The number of hydrogen-bond donors (Lipinski definition) is 0. The molecular formula is C12H14N2S. The van der Waals surface area contributed by atoms with Gasteiger partial charge >= 0.3 is 0 Å². The summed E-state index contributed by atoms with van der Waals surface area (Å²) in [7, 11) is 4.16. The molecular weight excluding hydrogens is 204 g/mol. The van der Waals surface area contributed by atoms with Gasteiger partial charge in [-0.15, -0.1) is 11.3 Å². The summed E-state index contributed by atoms with van der Waals surface area (Å²) in [5.41, 5.74) is 5.47. The third-order valence-electron chi connectivity index (χ3n) is 2.15. The van der Waals surface area contributed by atoms with Crippen LogP contribution in [0.3, 0.4) is 0 Å². The summed E-state index contributed by atoms with van der Waals surface area (Å²) in [4.78, 5) is 6.48. The predicted octanol–water partition coefficient (Wildman–Crippen LogP) is 2.87. The summed E-state index contributed by atoms with van der Waals surface area (Å²) in [5.74, 6) is 0. The van der Waals surface area contributed by atoms with Crippen LogP contribution in [-0.2, 0) is 6.54 Å². The Bertz CT molecular complexity index is 421. The Morgan fingerprint density at radius 2 is 2.20 bits per heavy atom. The van der Waals surface area contributed by atoms with Gasteiger partial charge in [-0.1, -0.05) is 18.2 Å². The molecule has 0 N–H and O–H groups in total. The van der Waals surface area contributed by atoms with Gasteiger partial charge in [-0.2, -0.15) is 0 Å². The van der Waals surface area contributed by atoms with Crippen molar-refractivity contribution in [3.8, 4) is 11.3 Å². The monoisotopic (exact) mass is 218 g/mol. The molecule has 0 radical (unpaired) electrons. The van der Waals surface area contributed by atoms with Crippen LogP contribution in [0.4, 0.5) is 0 Å². The first-order valence-electron chi connectivity index (χ1n) is 4.88. The molecule has 1 aromatic carbocycles. The Kier molecular flexibility index (Phi) is 3.14. The lowest BCUT2D eigenvalue weighted by Gasteiger charge is -2.10. The van der Waals surface area contributed by atoms with Crippen LogP contribution in [0, 0.1) is 0 Å². The topological polar surface area (TPSA) is 16.1 Å². The summed E-state index contributed by atoms with van der Waals surface area (Å²) in [5, 5.41) is 2.08. The van der Waals surface area contributed by atoms with E-state index in [1.165, 1.54) is 11.1 Å². The van der Waals surface area contributed by atoms with Crippen LogP contribution >= 0.6 is 11.3 Å². The van der Waals surface area contributed by atoms with E-state index in [0.717, 1.165) is 12.2 Å². The normalized spacial score (nSPS) is 10.9. The minimum atomic E-state index is 0.970. The van der Waals surface area contributed by atoms with E-state index in [4.69, 9.17) is 0 Å². The van der Waals surface area contributed by atoms with E-state index in [2.05, 4.69) is 53.6 Å². The maximum Gasteiger partial charge on any atom is 0.0811 e. The third-order valence-corrected chi connectivity index (χ3v) is 2.74. The number of benzene rings is 1. The second-order valence-corrected chi connectivity index (χ2v) is 4.53. The van der Waals surface area contributed by atoms with Crippen molar-refractivity contribution in [2.24, 2.45) is 0 Å². The lowest BCUT2D eigenvalue weighted by molar-refractivity contribution is 0.402. The fourth-order valence-corrected chi connectivity index (χ4v) is 2.11. The lowest BCUT2D eigenvalue weighted by Crippen LogP contribution is -2.10. The first-order chi connectivity index (χ1) is 7.25. The first-order valence-corrected chi connectivity index (χ1v) is 5.82. The van der Waals surface area contributed by atoms with Crippen molar-refractivity contribution in [1.29, 1.82) is 0 Å². The van der Waals surface area contributed by atoms with Gasteiger partial charge in [0, 0.05) is 17.5 Å². The maximum atomic E-state index is 4.31. The van der Waals surface area contributed by atoms with Crippen molar-refractivity contribution in [2.45, 2.75) is 6.54 Å². The molecule has 0 aliphatic carbocycles. The molecule has 0 spiro atoms. The van der Waals surface area contributed by atoms with E-state index in [1.54, 1.807) is 11.3 Å². The quantitative estimate of drug-likeness (QED) is 0.787. The van der Waals surface area contributed by atoms with Crippen LogP contribution in [0.25, 0.3) is 11.3 Å². The Morgan fingerprint density at radius 3 is 2.87 bits per heavy atom. The second-order valence-electron chi connectivity index (χ2n) is 3.81. The van der Waals surface area contributed by atoms with Crippen LogP contribution in [0.2, 0.25) is 0 Å². The lowest BCUT2D eigenvalue weighted by atomic mass is 10.1. The zero-order valence-corrected chi connectivity index (χ0v) is 9.79. The van der Waals surface area contributed by atoms with E-state index in [-0.39, 0.29) is 0 Å². The van der Waals surface area contributed by atoms with Crippen LogP contribution in [-0.4, -0.2) is 24.0 Å². The van der Waals surface area contributed by atoms with Crippen molar-refractivity contribution in [3.63, 3.8) is 0 Å². The average Bonchev–Trinajstić information content (AvgIpc) is 2.69. The molecule has 15 heavy (non-hydrogen) atoms. The van der Waals surface area contributed by atoms with Crippen molar-refractivity contribution < 1.29 is 0 Å². The average molecular weight is 218 g/mol. The highest BCUT2D eigenvalue weighted by atomic mass is 32.1. The molecule has 2 nitrogen and oxygen atoms in total. The summed E-state index contributed by atoms with van der Waals surface area (Å²) in [6.07, 6.45) is 0. The van der Waals surface area contributed by atoms with Gasteiger partial charge in [0.25, 0.3) is 0 Å². The number of hydrogen-bond acceptors (Lipinski definition) is 3. The maximum absolute atomic E-state index is 4.31. The molecule has 78 valence electrons. The predicted molar refractivity (Wildman–Crippen MR) is 64.9 cm³/mol. The fourth-order valence-electron chi connectivity index (χ4n) is 1.55. The molecule has 0 saturated heterocycles. The van der Waals surface area contributed by atoms with Crippen LogP contribution in [0.5, 0.6) is 0 Å². The van der Waals surface area contributed by atoms with E-state index in [9.17, 15) is 0 Å². The summed E-state index contributed by atoms with van der Waals surface area (Å²) in [6.45, 7) is 0.970. The van der Waals surface area contributed by atoms with Gasteiger partial charge in [0.15, 0.2) is 0 Å². The molecule has 3 heteroatoms. The van der Waals surface area contributed by atoms with Crippen LogP contribution in [0.1, 0.15) is 5.56 Å². The minimum absolute atomic E-state index is 0.970. The summed E-state index contributed by atoms with van der Waals surface area (Å²) < 4.78 is 0. The zero-order chi connectivity index (χ0) is 10.7. The molecule has 0 saturated carbocycles. The van der Waals surface area contributed by atoms with Crippen molar-refractivity contribution >= 4 is 11.3 Å². The van der Waals surface area contributed by atoms with Gasteiger partial charge in [-0.05, 0) is 25.7 Å². The molecule has 0 bridgehead atoms. The highest BCUT2D eigenvalue weighted by Gasteiger charge is 2.01. The molecule has 1 aromatic heterocycles. The van der Waals surface area contributed by atoms with E-state index < -0.39 is 0 Å². The van der Waals surface area contributed by atoms with Crippen molar-refractivity contribution in [3.05, 3.63) is 40.7 Å². The second kappa shape index (κ2) is 4.55. The smallest absolute Gasteiger partial charge is 0.0811 e. The number of nitrogens with zero attached hydrogens (tertiary/aromatic N) is 2. The first kappa shape index (κ1) is 10.3. The van der Waals surface area contributed by atoms with E-state index in [1.807, 2.05) is 5.51 Å². The Morgan fingerprint density at radius 1 is 1.33 bits per heavy atom. The Balaban J connectivity index is 2.27. The summed E-state index contributed by atoms with van der Waals surface area (Å²) in [6, 6.07) is 8.55. The number of rotatable bonds is 3. The largest absolute Gasteiger partial charge is 0.305 e. The number of aromatic nitrogens is 1. The molecule has 0 aliphatic heterocycles. The fraction of sp³-hybridized carbons (Fsp3) is 0.250. The molecule has 0 unspecified atom stereocenters. The SMILES string of the molecule is CN(C)Cc1cccc(-c2cscn2)c1. The van der Waals surface area contributed by atoms with E-state index >= 15 is 0 Å². The molecule has 0 aliphatic rings.